The fourth-order valence-electron chi connectivity index (χ4n) is 2.89. The minimum absolute atomic E-state index is 0.0634. The summed E-state index contributed by atoms with van der Waals surface area (Å²) in [6.07, 6.45) is 11.4. The van der Waals surface area contributed by atoms with Crippen LogP contribution in [0.4, 0.5) is 0 Å². The summed E-state index contributed by atoms with van der Waals surface area (Å²) in [4.78, 5) is 22.4. The van der Waals surface area contributed by atoms with Crippen LogP contribution in [0.25, 0.3) is 0 Å². The molecule has 0 amide bonds. The van der Waals surface area contributed by atoms with Gasteiger partial charge in [-0.1, -0.05) is 71.6 Å². The third-order valence-corrected chi connectivity index (χ3v) is 4.05. The summed E-state index contributed by atoms with van der Waals surface area (Å²) >= 11 is 0. The zero-order valence-corrected chi connectivity index (χ0v) is 14.6. The van der Waals surface area contributed by atoms with Gasteiger partial charge in [-0.3, -0.25) is 4.79 Å². The first kappa shape index (κ1) is 20.9. The van der Waals surface area contributed by atoms with E-state index in [1.165, 1.54) is 45.4 Å². The number of rotatable bonds is 14. The molecule has 2 atom stereocenters. The topological polar surface area (TPSA) is 63.6 Å². The van der Waals surface area contributed by atoms with Gasteiger partial charge in [-0.05, 0) is 12.8 Å². The average molecular weight is 314 g/mol. The van der Waals surface area contributed by atoms with E-state index in [2.05, 4.69) is 6.92 Å². The van der Waals surface area contributed by atoms with Gasteiger partial charge in [0.1, 0.15) is 0 Å². The molecule has 0 aliphatic carbocycles. The molecule has 0 aromatic rings. The summed E-state index contributed by atoms with van der Waals surface area (Å²) in [7, 11) is 0. The van der Waals surface area contributed by atoms with Gasteiger partial charge >= 0.3 is 11.9 Å². The summed E-state index contributed by atoms with van der Waals surface area (Å²) in [6, 6.07) is 0. The van der Waals surface area contributed by atoms with E-state index < -0.39 is 18.0 Å². The fourth-order valence-corrected chi connectivity index (χ4v) is 2.89. The molecule has 2 unspecified atom stereocenters. The maximum absolute atomic E-state index is 11.3. The molecule has 0 saturated heterocycles. The first-order valence-electron chi connectivity index (χ1n) is 8.92. The Labute approximate surface area is 135 Å². The van der Waals surface area contributed by atoms with Crippen molar-refractivity contribution in [3.8, 4) is 0 Å². The zero-order valence-electron chi connectivity index (χ0n) is 14.6. The lowest BCUT2D eigenvalue weighted by Gasteiger charge is -2.23. The standard InChI is InChI=1S/C18H34O4/c1-4-6-7-8-9-10-11-12-14-16(13-5-2)17(18(20)21)22-15(3)19/h16-17H,4-14H2,1-3H3,(H,20,21). The lowest BCUT2D eigenvalue weighted by atomic mass is 9.90. The second-order valence-corrected chi connectivity index (χ2v) is 6.18. The van der Waals surface area contributed by atoms with E-state index in [-0.39, 0.29) is 5.92 Å². The van der Waals surface area contributed by atoms with Crippen LogP contribution in [0, 0.1) is 5.92 Å². The van der Waals surface area contributed by atoms with Crippen LogP contribution in [-0.4, -0.2) is 23.1 Å². The Morgan fingerprint density at radius 1 is 0.864 bits per heavy atom. The molecule has 0 fully saturated rings. The molecule has 1 N–H and O–H groups in total. The van der Waals surface area contributed by atoms with Crippen LogP contribution in [-0.2, 0) is 14.3 Å². The summed E-state index contributed by atoms with van der Waals surface area (Å²) in [6.45, 7) is 5.53. The normalized spacial score (nSPS) is 13.6. The number of hydrogen-bond acceptors (Lipinski definition) is 3. The monoisotopic (exact) mass is 314 g/mol. The quantitative estimate of drug-likeness (QED) is 0.364. The second-order valence-electron chi connectivity index (χ2n) is 6.18. The van der Waals surface area contributed by atoms with E-state index in [1.807, 2.05) is 6.92 Å². The van der Waals surface area contributed by atoms with Gasteiger partial charge in [0.05, 0.1) is 0 Å². The molecular weight excluding hydrogens is 280 g/mol. The predicted molar refractivity (Wildman–Crippen MR) is 88.8 cm³/mol. The third-order valence-electron chi connectivity index (χ3n) is 4.05. The SMILES string of the molecule is CCCCCCCCCCC(CCC)C(OC(C)=O)C(=O)O. The van der Waals surface area contributed by atoms with Crippen LogP contribution in [0.2, 0.25) is 0 Å². The van der Waals surface area contributed by atoms with E-state index in [0.29, 0.717) is 0 Å². The van der Waals surface area contributed by atoms with Crippen LogP contribution in [0.15, 0.2) is 0 Å². The van der Waals surface area contributed by atoms with Gasteiger partial charge < -0.3 is 9.84 Å². The van der Waals surface area contributed by atoms with Crippen molar-refractivity contribution in [2.24, 2.45) is 5.92 Å². The first-order chi connectivity index (χ1) is 10.5. The molecule has 22 heavy (non-hydrogen) atoms. The van der Waals surface area contributed by atoms with Crippen molar-refractivity contribution in [3.05, 3.63) is 0 Å². The third kappa shape index (κ3) is 10.6. The van der Waals surface area contributed by atoms with Crippen molar-refractivity contribution in [2.45, 2.75) is 97.5 Å². The molecule has 0 saturated carbocycles. The summed E-state index contributed by atoms with van der Waals surface area (Å²) < 4.78 is 5.01. The Bertz CT molecular complexity index is 301. The molecule has 130 valence electrons. The van der Waals surface area contributed by atoms with Crippen molar-refractivity contribution in [3.63, 3.8) is 0 Å². The zero-order chi connectivity index (χ0) is 16.8. The summed E-state index contributed by atoms with van der Waals surface area (Å²) in [5.41, 5.74) is 0. The van der Waals surface area contributed by atoms with Crippen molar-refractivity contribution in [1.29, 1.82) is 0 Å². The molecule has 0 aromatic heterocycles. The number of carbonyl (C=O) groups is 2. The Morgan fingerprint density at radius 2 is 1.41 bits per heavy atom. The largest absolute Gasteiger partial charge is 0.478 e. The van der Waals surface area contributed by atoms with Gasteiger partial charge in [-0.2, -0.15) is 0 Å². The molecule has 4 nitrogen and oxygen atoms in total. The van der Waals surface area contributed by atoms with E-state index in [9.17, 15) is 14.7 Å². The van der Waals surface area contributed by atoms with E-state index in [1.54, 1.807) is 0 Å². The smallest absolute Gasteiger partial charge is 0.345 e. The van der Waals surface area contributed by atoms with Gasteiger partial charge in [0.15, 0.2) is 0 Å². The number of carbonyl (C=O) groups excluding carboxylic acids is 1. The number of hydrogen-bond donors (Lipinski definition) is 1. The molecule has 0 heterocycles. The highest BCUT2D eigenvalue weighted by atomic mass is 16.6. The van der Waals surface area contributed by atoms with Crippen LogP contribution in [0.5, 0.6) is 0 Å². The van der Waals surface area contributed by atoms with Gasteiger partial charge in [0.25, 0.3) is 0 Å². The number of carboxylic acid groups (broad SMARTS) is 1. The van der Waals surface area contributed by atoms with Gasteiger partial charge in [-0.15, -0.1) is 0 Å². The highest BCUT2D eigenvalue weighted by Crippen LogP contribution is 2.23. The molecule has 0 radical (unpaired) electrons. The lowest BCUT2D eigenvalue weighted by Crippen LogP contribution is -2.34. The van der Waals surface area contributed by atoms with Crippen molar-refractivity contribution in [2.75, 3.05) is 0 Å². The maximum atomic E-state index is 11.3. The molecule has 0 aromatic carbocycles. The summed E-state index contributed by atoms with van der Waals surface area (Å²) in [5.74, 6) is -1.59. The van der Waals surface area contributed by atoms with Crippen molar-refractivity contribution < 1.29 is 19.4 Å². The number of unbranched alkanes of at least 4 members (excludes halogenated alkanes) is 7. The molecule has 0 spiro atoms. The molecular formula is C18H34O4. The highest BCUT2D eigenvalue weighted by Gasteiger charge is 2.29. The number of ether oxygens (including phenoxy) is 1. The van der Waals surface area contributed by atoms with E-state index in [4.69, 9.17) is 4.74 Å². The number of carboxylic acids is 1. The Kier molecular flexibility index (Phi) is 12.9. The second kappa shape index (κ2) is 13.6. The number of esters is 1. The molecule has 4 heteroatoms. The molecule has 0 rings (SSSR count). The average Bonchev–Trinajstić information content (AvgIpc) is 2.46. The minimum atomic E-state index is -1.02. The van der Waals surface area contributed by atoms with Gasteiger partial charge in [0, 0.05) is 12.8 Å². The first-order valence-corrected chi connectivity index (χ1v) is 8.92. The molecule has 0 bridgehead atoms. The Hall–Kier alpha value is -1.06. The lowest BCUT2D eigenvalue weighted by molar-refractivity contribution is -0.166. The van der Waals surface area contributed by atoms with Crippen LogP contribution in [0.3, 0.4) is 0 Å². The maximum Gasteiger partial charge on any atom is 0.345 e. The summed E-state index contributed by atoms with van der Waals surface area (Å²) in [5, 5.41) is 9.27. The fraction of sp³-hybridized carbons (Fsp3) is 0.889. The van der Waals surface area contributed by atoms with Gasteiger partial charge in [-0.25, -0.2) is 4.79 Å². The molecule has 0 aliphatic rings. The Morgan fingerprint density at radius 3 is 1.86 bits per heavy atom. The van der Waals surface area contributed by atoms with E-state index >= 15 is 0 Å². The predicted octanol–water partition coefficient (Wildman–Crippen LogP) is 4.95. The van der Waals surface area contributed by atoms with E-state index in [0.717, 1.165) is 32.1 Å². The highest BCUT2D eigenvalue weighted by molar-refractivity contribution is 5.77. The van der Waals surface area contributed by atoms with Crippen molar-refractivity contribution in [1.82, 2.24) is 0 Å². The van der Waals surface area contributed by atoms with Crippen LogP contribution < -0.4 is 0 Å². The number of aliphatic carboxylic acids is 1. The Balaban J connectivity index is 4.06. The van der Waals surface area contributed by atoms with Gasteiger partial charge in [0.2, 0.25) is 6.10 Å². The minimum Gasteiger partial charge on any atom is -0.478 e. The molecule has 0 aliphatic heterocycles. The van der Waals surface area contributed by atoms with Crippen LogP contribution in [0.1, 0.15) is 91.4 Å². The van der Waals surface area contributed by atoms with Crippen LogP contribution >= 0.6 is 0 Å². The van der Waals surface area contributed by atoms with Crippen molar-refractivity contribution >= 4 is 11.9 Å².